The SMILES string of the molecule is CCC(CSC)N(C)C(=O)C1CNC(=O)C1. The molecule has 0 bridgehead atoms. The molecule has 1 aliphatic rings. The lowest BCUT2D eigenvalue weighted by molar-refractivity contribution is -0.136. The Balaban J connectivity index is 2.54. The van der Waals surface area contributed by atoms with E-state index in [0.717, 1.165) is 12.2 Å². The standard InChI is InChI=1S/C11H20N2O2S/c1-4-9(7-16-3)13(2)11(15)8-5-10(14)12-6-8/h8-9H,4-7H2,1-3H3,(H,12,14). The normalized spacial score (nSPS) is 21.7. The third-order valence-corrected chi connectivity index (χ3v) is 3.77. The van der Waals surface area contributed by atoms with Crippen LogP contribution >= 0.6 is 11.8 Å². The first-order chi connectivity index (χ1) is 7.60. The summed E-state index contributed by atoms with van der Waals surface area (Å²) >= 11 is 1.75. The lowest BCUT2D eigenvalue weighted by Crippen LogP contribution is -2.42. The third kappa shape index (κ3) is 3.14. The first kappa shape index (κ1) is 13.4. The Morgan fingerprint density at radius 3 is 2.81 bits per heavy atom. The van der Waals surface area contributed by atoms with Crippen LogP contribution in [0, 0.1) is 5.92 Å². The van der Waals surface area contributed by atoms with Gasteiger partial charge in [-0.2, -0.15) is 11.8 Å². The van der Waals surface area contributed by atoms with Crippen LogP contribution < -0.4 is 5.32 Å². The quantitative estimate of drug-likeness (QED) is 0.775. The zero-order valence-electron chi connectivity index (χ0n) is 10.2. The fraction of sp³-hybridized carbons (Fsp3) is 0.818. The van der Waals surface area contributed by atoms with Crippen molar-refractivity contribution in [2.75, 3.05) is 25.6 Å². The Morgan fingerprint density at radius 1 is 1.69 bits per heavy atom. The molecule has 1 fully saturated rings. The van der Waals surface area contributed by atoms with Gasteiger partial charge in [0, 0.05) is 31.8 Å². The summed E-state index contributed by atoms with van der Waals surface area (Å²) < 4.78 is 0. The van der Waals surface area contributed by atoms with E-state index >= 15 is 0 Å². The minimum absolute atomic E-state index is 0.00957. The zero-order valence-corrected chi connectivity index (χ0v) is 11.0. The highest BCUT2D eigenvalue weighted by molar-refractivity contribution is 7.98. The molecule has 2 unspecified atom stereocenters. The molecule has 0 aromatic rings. The maximum absolute atomic E-state index is 12.1. The first-order valence-electron chi connectivity index (χ1n) is 5.62. The van der Waals surface area contributed by atoms with Crippen LogP contribution in [0.5, 0.6) is 0 Å². The van der Waals surface area contributed by atoms with E-state index in [1.54, 1.807) is 16.7 Å². The van der Waals surface area contributed by atoms with E-state index in [1.807, 2.05) is 13.3 Å². The van der Waals surface area contributed by atoms with Crippen LogP contribution in [0.25, 0.3) is 0 Å². The highest BCUT2D eigenvalue weighted by Crippen LogP contribution is 2.16. The van der Waals surface area contributed by atoms with Crippen molar-refractivity contribution in [3.05, 3.63) is 0 Å². The van der Waals surface area contributed by atoms with Crippen LogP contribution in [0.3, 0.4) is 0 Å². The summed E-state index contributed by atoms with van der Waals surface area (Å²) in [5, 5.41) is 2.70. The maximum Gasteiger partial charge on any atom is 0.228 e. The Hall–Kier alpha value is -0.710. The molecule has 1 heterocycles. The fourth-order valence-electron chi connectivity index (χ4n) is 1.94. The second-order valence-electron chi connectivity index (χ2n) is 4.17. The number of carbonyl (C=O) groups is 2. The van der Waals surface area contributed by atoms with E-state index in [4.69, 9.17) is 0 Å². The predicted octanol–water partition coefficient (Wildman–Crippen LogP) is 0.722. The van der Waals surface area contributed by atoms with E-state index in [1.165, 1.54) is 0 Å². The minimum Gasteiger partial charge on any atom is -0.355 e. The van der Waals surface area contributed by atoms with Gasteiger partial charge in [0.1, 0.15) is 0 Å². The molecule has 4 nitrogen and oxygen atoms in total. The van der Waals surface area contributed by atoms with Crippen molar-refractivity contribution < 1.29 is 9.59 Å². The highest BCUT2D eigenvalue weighted by atomic mass is 32.2. The molecule has 0 aromatic carbocycles. The second-order valence-corrected chi connectivity index (χ2v) is 5.08. The summed E-state index contributed by atoms with van der Waals surface area (Å²) in [7, 11) is 1.84. The molecule has 2 atom stereocenters. The van der Waals surface area contributed by atoms with Gasteiger partial charge in [-0.1, -0.05) is 6.92 Å². The molecule has 0 aliphatic carbocycles. The number of nitrogens with zero attached hydrogens (tertiary/aromatic N) is 1. The largest absolute Gasteiger partial charge is 0.355 e. The molecule has 0 aromatic heterocycles. The number of carbonyl (C=O) groups excluding carboxylic acids is 2. The van der Waals surface area contributed by atoms with Gasteiger partial charge in [0.05, 0.1) is 5.92 Å². The van der Waals surface area contributed by atoms with Gasteiger partial charge in [0.2, 0.25) is 11.8 Å². The average molecular weight is 244 g/mol. The van der Waals surface area contributed by atoms with Crippen molar-refractivity contribution in [2.45, 2.75) is 25.8 Å². The van der Waals surface area contributed by atoms with Gasteiger partial charge in [-0.15, -0.1) is 0 Å². The van der Waals surface area contributed by atoms with Crippen LogP contribution in [-0.2, 0) is 9.59 Å². The monoisotopic (exact) mass is 244 g/mol. The van der Waals surface area contributed by atoms with Crippen molar-refractivity contribution in [2.24, 2.45) is 5.92 Å². The van der Waals surface area contributed by atoms with E-state index in [2.05, 4.69) is 12.2 Å². The summed E-state index contributed by atoms with van der Waals surface area (Å²) in [5.41, 5.74) is 0. The molecule has 1 rings (SSSR count). The van der Waals surface area contributed by atoms with Crippen LogP contribution in [0.4, 0.5) is 0 Å². The Bertz CT molecular complexity index is 271. The summed E-state index contributed by atoms with van der Waals surface area (Å²) in [6.07, 6.45) is 3.34. The summed E-state index contributed by atoms with van der Waals surface area (Å²) in [4.78, 5) is 25.0. The Labute approximate surface area is 101 Å². The maximum atomic E-state index is 12.1. The molecule has 0 spiro atoms. The molecule has 2 amide bonds. The molecule has 0 radical (unpaired) electrons. The van der Waals surface area contributed by atoms with Gasteiger partial charge in [0.25, 0.3) is 0 Å². The highest BCUT2D eigenvalue weighted by Gasteiger charge is 2.31. The lowest BCUT2D eigenvalue weighted by atomic mass is 10.1. The molecular weight excluding hydrogens is 224 g/mol. The van der Waals surface area contributed by atoms with Gasteiger partial charge in [-0.3, -0.25) is 9.59 Å². The number of hydrogen-bond donors (Lipinski definition) is 1. The van der Waals surface area contributed by atoms with Gasteiger partial charge < -0.3 is 10.2 Å². The Morgan fingerprint density at radius 2 is 2.38 bits per heavy atom. The van der Waals surface area contributed by atoms with Gasteiger partial charge >= 0.3 is 0 Å². The molecule has 5 heteroatoms. The van der Waals surface area contributed by atoms with E-state index < -0.39 is 0 Å². The third-order valence-electron chi connectivity index (χ3n) is 3.05. The smallest absolute Gasteiger partial charge is 0.228 e. The fourth-order valence-corrected chi connectivity index (χ4v) is 2.79. The summed E-state index contributed by atoms with van der Waals surface area (Å²) in [6, 6.07) is 0.276. The van der Waals surface area contributed by atoms with Crippen molar-refractivity contribution in [1.82, 2.24) is 10.2 Å². The predicted molar refractivity (Wildman–Crippen MR) is 66.3 cm³/mol. The van der Waals surface area contributed by atoms with Gasteiger partial charge in [-0.05, 0) is 12.7 Å². The molecule has 1 aliphatic heterocycles. The number of hydrogen-bond acceptors (Lipinski definition) is 3. The van der Waals surface area contributed by atoms with Gasteiger partial charge in [0.15, 0.2) is 0 Å². The topological polar surface area (TPSA) is 49.4 Å². The van der Waals surface area contributed by atoms with E-state index in [-0.39, 0.29) is 23.8 Å². The molecule has 0 saturated carbocycles. The van der Waals surface area contributed by atoms with Crippen LogP contribution in [0.15, 0.2) is 0 Å². The number of nitrogens with one attached hydrogen (secondary N) is 1. The van der Waals surface area contributed by atoms with Crippen LogP contribution in [-0.4, -0.2) is 48.4 Å². The Kier molecular flexibility index (Phi) is 5.12. The van der Waals surface area contributed by atoms with Crippen molar-refractivity contribution in [3.8, 4) is 0 Å². The van der Waals surface area contributed by atoms with E-state index in [9.17, 15) is 9.59 Å². The molecule has 1 N–H and O–H groups in total. The van der Waals surface area contributed by atoms with Crippen molar-refractivity contribution in [1.29, 1.82) is 0 Å². The summed E-state index contributed by atoms with van der Waals surface area (Å²) in [6.45, 7) is 2.58. The van der Waals surface area contributed by atoms with E-state index in [0.29, 0.717) is 13.0 Å². The van der Waals surface area contributed by atoms with Crippen molar-refractivity contribution >= 4 is 23.6 Å². The van der Waals surface area contributed by atoms with Crippen LogP contribution in [0.1, 0.15) is 19.8 Å². The zero-order chi connectivity index (χ0) is 12.1. The minimum atomic E-state index is -0.159. The molecule has 16 heavy (non-hydrogen) atoms. The molecule has 1 saturated heterocycles. The lowest BCUT2D eigenvalue weighted by Gasteiger charge is -2.28. The second kappa shape index (κ2) is 6.13. The number of thioether (sulfide) groups is 1. The first-order valence-corrected chi connectivity index (χ1v) is 7.01. The molecular formula is C11H20N2O2S. The number of amides is 2. The number of rotatable bonds is 5. The van der Waals surface area contributed by atoms with Crippen LogP contribution in [0.2, 0.25) is 0 Å². The van der Waals surface area contributed by atoms with Crippen molar-refractivity contribution in [3.63, 3.8) is 0 Å². The molecule has 92 valence electrons. The summed E-state index contributed by atoms with van der Waals surface area (Å²) in [5.74, 6) is 0.879. The average Bonchev–Trinajstić information content (AvgIpc) is 2.70. The van der Waals surface area contributed by atoms with Gasteiger partial charge in [-0.25, -0.2) is 0 Å².